The number of anilines is 1. The summed E-state index contributed by atoms with van der Waals surface area (Å²) in [7, 11) is 0. The number of hydrogen-bond donors (Lipinski definition) is 0. The van der Waals surface area contributed by atoms with Crippen LogP contribution in [0, 0.1) is 12.7 Å². The Hall–Kier alpha value is -3.48. The van der Waals surface area contributed by atoms with Crippen LogP contribution in [0.1, 0.15) is 11.3 Å². The lowest BCUT2D eigenvalue weighted by Crippen LogP contribution is -2.49. The van der Waals surface area contributed by atoms with Crippen LogP contribution in [0.5, 0.6) is 0 Å². The minimum absolute atomic E-state index is 0.0422. The minimum atomic E-state index is -0.329. The van der Waals surface area contributed by atoms with Crippen molar-refractivity contribution in [3.8, 4) is 0 Å². The molecule has 2 aromatic heterocycles. The van der Waals surface area contributed by atoms with Crippen LogP contribution in [0.3, 0.4) is 0 Å². The van der Waals surface area contributed by atoms with Gasteiger partial charge >= 0.3 is 0 Å². The predicted octanol–water partition coefficient (Wildman–Crippen LogP) is 3.22. The first-order chi connectivity index (χ1) is 14.6. The first-order valence-corrected chi connectivity index (χ1v) is 10.1. The Morgan fingerprint density at radius 3 is 2.57 bits per heavy atom. The van der Waals surface area contributed by atoms with E-state index in [4.69, 9.17) is 4.98 Å². The lowest BCUT2D eigenvalue weighted by molar-refractivity contribution is -0.130. The van der Waals surface area contributed by atoms with Gasteiger partial charge in [-0.1, -0.05) is 30.3 Å². The van der Waals surface area contributed by atoms with Crippen molar-refractivity contribution in [1.29, 1.82) is 0 Å². The third-order valence-corrected chi connectivity index (χ3v) is 5.64. The van der Waals surface area contributed by atoms with Crippen LogP contribution in [0.4, 0.5) is 10.2 Å². The van der Waals surface area contributed by atoms with Gasteiger partial charge in [-0.2, -0.15) is 5.10 Å². The molecule has 4 aromatic rings. The molecular formula is C23H22FN5O. The molecule has 0 spiro atoms. The maximum Gasteiger partial charge on any atom is 0.227 e. The zero-order valence-electron chi connectivity index (χ0n) is 16.8. The third kappa shape index (κ3) is 3.26. The molecule has 1 fully saturated rings. The van der Waals surface area contributed by atoms with E-state index in [-0.39, 0.29) is 18.1 Å². The zero-order chi connectivity index (χ0) is 20.7. The molecule has 2 aromatic carbocycles. The Bertz CT molecular complexity index is 1240. The van der Waals surface area contributed by atoms with Crippen molar-refractivity contribution in [2.24, 2.45) is 0 Å². The van der Waals surface area contributed by atoms with Gasteiger partial charge in [0, 0.05) is 37.6 Å². The van der Waals surface area contributed by atoms with E-state index in [1.807, 2.05) is 40.6 Å². The van der Waals surface area contributed by atoms with Crippen LogP contribution in [0.15, 0.2) is 54.6 Å². The molecule has 3 heterocycles. The topological polar surface area (TPSA) is 53.7 Å². The number of hydrogen-bond acceptors (Lipinski definition) is 4. The summed E-state index contributed by atoms with van der Waals surface area (Å²) in [5, 5.41) is 5.60. The van der Waals surface area contributed by atoms with Crippen LogP contribution >= 0.6 is 0 Å². The van der Waals surface area contributed by atoms with Gasteiger partial charge in [0.15, 0.2) is 5.65 Å². The number of carbonyl (C=O) groups excluding carboxylic acids is 1. The Morgan fingerprint density at radius 1 is 1.03 bits per heavy atom. The first kappa shape index (κ1) is 18.5. The number of para-hydroxylation sites is 1. The summed E-state index contributed by atoms with van der Waals surface area (Å²) in [6.07, 6.45) is 0.0922. The van der Waals surface area contributed by atoms with Gasteiger partial charge in [-0.15, -0.1) is 0 Å². The van der Waals surface area contributed by atoms with Gasteiger partial charge < -0.3 is 9.80 Å². The molecule has 30 heavy (non-hydrogen) atoms. The van der Waals surface area contributed by atoms with Gasteiger partial charge in [-0.05, 0) is 30.7 Å². The normalized spacial score (nSPS) is 14.6. The number of amides is 1. The largest absolute Gasteiger partial charge is 0.352 e. The SMILES string of the molecule is Cc1cc2nc(N3CCN(C(=O)Cc4ccccc4F)CC3)c3ccccc3n2n1. The Balaban J connectivity index is 1.37. The van der Waals surface area contributed by atoms with Crippen molar-refractivity contribution in [3.63, 3.8) is 0 Å². The van der Waals surface area contributed by atoms with Gasteiger partial charge in [0.2, 0.25) is 5.91 Å². The highest BCUT2D eigenvalue weighted by molar-refractivity contribution is 5.92. The minimum Gasteiger partial charge on any atom is -0.352 e. The van der Waals surface area contributed by atoms with E-state index in [0.717, 1.165) is 28.1 Å². The van der Waals surface area contributed by atoms with Crippen LogP contribution in [0.25, 0.3) is 16.6 Å². The Morgan fingerprint density at radius 2 is 1.77 bits per heavy atom. The molecule has 152 valence electrons. The number of aryl methyl sites for hydroxylation is 1. The molecule has 1 aliphatic heterocycles. The number of nitrogens with zero attached hydrogens (tertiary/aromatic N) is 5. The smallest absolute Gasteiger partial charge is 0.227 e. The average molecular weight is 403 g/mol. The second-order valence-corrected chi connectivity index (χ2v) is 7.64. The van der Waals surface area contributed by atoms with Crippen LogP contribution < -0.4 is 4.90 Å². The second-order valence-electron chi connectivity index (χ2n) is 7.64. The Labute approximate surface area is 173 Å². The monoisotopic (exact) mass is 403 g/mol. The summed E-state index contributed by atoms with van der Waals surface area (Å²) < 4.78 is 15.8. The quantitative estimate of drug-likeness (QED) is 0.527. The van der Waals surface area contributed by atoms with E-state index in [1.165, 1.54) is 6.07 Å². The fraction of sp³-hybridized carbons (Fsp3) is 0.261. The number of halogens is 1. The fourth-order valence-electron chi connectivity index (χ4n) is 4.08. The van der Waals surface area contributed by atoms with Gasteiger partial charge in [-0.3, -0.25) is 4.79 Å². The second kappa shape index (κ2) is 7.40. The zero-order valence-corrected chi connectivity index (χ0v) is 16.8. The summed E-state index contributed by atoms with van der Waals surface area (Å²) >= 11 is 0. The molecule has 7 heteroatoms. The molecule has 0 N–H and O–H groups in total. The highest BCUT2D eigenvalue weighted by Gasteiger charge is 2.24. The molecule has 0 bridgehead atoms. The van der Waals surface area contributed by atoms with Crippen molar-refractivity contribution < 1.29 is 9.18 Å². The van der Waals surface area contributed by atoms with Gasteiger partial charge in [0.1, 0.15) is 11.6 Å². The lowest BCUT2D eigenvalue weighted by atomic mass is 10.1. The van der Waals surface area contributed by atoms with E-state index in [2.05, 4.69) is 16.1 Å². The Kier molecular flexibility index (Phi) is 4.58. The molecule has 0 aliphatic carbocycles. The summed E-state index contributed by atoms with van der Waals surface area (Å²) in [4.78, 5) is 21.6. The molecule has 0 radical (unpaired) electrons. The van der Waals surface area contributed by atoms with Crippen molar-refractivity contribution in [1.82, 2.24) is 19.5 Å². The summed E-state index contributed by atoms with van der Waals surface area (Å²) in [5.41, 5.74) is 3.20. The number of rotatable bonds is 3. The maximum atomic E-state index is 13.9. The first-order valence-electron chi connectivity index (χ1n) is 10.1. The van der Waals surface area contributed by atoms with E-state index < -0.39 is 0 Å². The predicted molar refractivity (Wildman–Crippen MR) is 114 cm³/mol. The van der Waals surface area contributed by atoms with Crippen LogP contribution in [0.2, 0.25) is 0 Å². The average Bonchev–Trinajstić information content (AvgIpc) is 3.15. The molecule has 1 saturated heterocycles. The molecule has 0 unspecified atom stereocenters. The van der Waals surface area contributed by atoms with Gasteiger partial charge in [0.25, 0.3) is 0 Å². The van der Waals surface area contributed by atoms with Crippen molar-refractivity contribution in [2.75, 3.05) is 31.1 Å². The maximum absolute atomic E-state index is 13.9. The summed E-state index contributed by atoms with van der Waals surface area (Å²) in [6.45, 7) is 4.51. The van der Waals surface area contributed by atoms with Crippen molar-refractivity contribution in [2.45, 2.75) is 13.3 Å². The number of benzene rings is 2. The molecular weight excluding hydrogens is 381 g/mol. The van der Waals surface area contributed by atoms with Crippen molar-refractivity contribution >= 4 is 28.3 Å². The standard InChI is InChI=1S/C23H22FN5O/c1-16-14-21-25-23(18-7-3-5-9-20(18)29(21)26-16)28-12-10-27(11-13-28)22(30)15-17-6-2-4-8-19(17)24/h2-9,14H,10-13,15H2,1H3. The molecule has 1 aliphatic rings. The van der Waals surface area contributed by atoms with E-state index in [1.54, 1.807) is 18.2 Å². The van der Waals surface area contributed by atoms with Crippen LogP contribution in [-0.4, -0.2) is 51.6 Å². The highest BCUT2D eigenvalue weighted by Crippen LogP contribution is 2.27. The third-order valence-electron chi connectivity index (χ3n) is 5.64. The number of piperazine rings is 1. The number of fused-ring (bicyclic) bond motifs is 3. The van der Waals surface area contributed by atoms with E-state index in [9.17, 15) is 9.18 Å². The molecule has 0 atom stereocenters. The van der Waals surface area contributed by atoms with E-state index >= 15 is 0 Å². The molecule has 0 saturated carbocycles. The molecule has 1 amide bonds. The van der Waals surface area contributed by atoms with Gasteiger partial charge in [0.05, 0.1) is 17.6 Å². The van der Waals surface area contributed by atoms with Crippen LogP contribution in [-0.2, 0) is 11.2 Å². The molecule has 6 nitrogen and oxygen atoms in total. The summed E-state index contributed by atoms with van der Waals surface area (Å²) in [5.74, 6) is 0.545. The highest BCUT2D eigenvalue weighted by atomic mass is 19.1. The van der Waals surface area contributed by atoms with Crippen molar-refractivity contribution in [3.05, 3.63) is 71.7 Å². The van der Waals surface area contributed by atoms with Gasteiger partial charge in [-0.25, -0.2) is 13.9 Å². The lowest BCUT2D eigenvalue weighted by Gasteiger charge is -2.36. The molecule has 5 rings (SSSR count). The number of aromatic nitrogens is 3. The fourth-order valence-corrected chi connectivity index (χ4v) is 4.08. The summed E-state index contributed by atoms with van der Waals surface area (Å²) in [6, 6.07) is 16.6. The van der Waals surface area contributed by atoms with E-state index in [0.29, 0.717) is 31.7 Å². The number of carbonyl (C=O) groups is 1.